The molecule has 3 aromatic carbocycles. The van der Waals surface area contributed by atoms with Crippen LogP contribution < -0.4 is 11.1 Å². The van der Waals surface area contributed by atoms with Gasteiger partial charge in [-0.25, -0.2) is 14.1 Å². The van der Waals surface area contributed by atoms with Crippen LogP contribution in [0.3, 0.4) is 0 Å². The molecule has 0 spiro atoms. The molecule has 0 bridgehead atoms. The van der Waals surface area contributed by atoms with Gasteiger partial charge in [-0.15, -0.1) is 5.10 Å². The first-order chi connectivity index (χ1) is 15.6. The lowest BCUT2D eigenvalue weighted by molar-refractivity contribution is 0.631. The van der Waals surface area contributed by atoms with E-state index in [9.17, 15) is 4.39 Å². The highest BCUT2D eigenvalue weighted by Gasteiger charge is 2.21. The molecular formula is C24H18ClFN6. The van der Waals surface area contributed by atoms with E-state index in [0.717, 1.165) is 5.56 Å². The van der Waals surface area contributed by atoms with Crippen LogP contribution in [-0.4, -0.2) is 19.7 Å². The minimum Gasteiger partial charge on any atom is -0.383 e. The van der Waals surface area contributed by atoms with Gasteiger partial charge in [0.15, 0.2) is 5.65 Å². The molecule has 5 aromatic rings. The second-order valence-corrected chi connectivity index (χ2v) is 7.62. The highest BCUT2D eigenvalue weighted by atomic mass is 35.5. The maximum Gasteiger partial charge on any atom is 0.225 e. The van der Waals surface area contributed by atoms with Gasteiger partial charge in [-0.2, -0.15) is 4.98 Å². The van der Waals surface area contributed by atoms with Crippen molar-refractivity contribution in [2.45, 2.75) is 6.54 Å². The number of fused-ring (bicyclic) bond motifs is 1. The Labute approximate surface area is 188 Å². The molecule has 32 heavy (non-hydrogen) atoms. The normalized spacial score (nSPS) is 11.1. The van der Waals surface area contributed by atoms with Crippen molar-refractivity contribution in [2.24, 2.45) is 0 Å². The van der Waals surface area contributed by atoms with Crippen molar-refractivity contribution in [2.75, 3.05) is 11.1 Å². The number of rotatable bonds is 5. The van der Waals surface area contributed by atoms with Crippen LogP contribution in [0.25, 0.3) is 28.0 Å². The molecule has 2 aromatic heterocycles. The molecule has 0 unspecified atom stereocenters. The first-order valence-corrected chi connectivity index (χ1v) is 10.3. The molecule has 6 nitrogen and oxygen atoms in total. The lowest BCUT2D eigenvalue weighted by atomic mass is 10.1. The molecule has 0 saturated heterocycles. The second kappa shape index (κ2) is 8.28. The van der Waals surface area contributed by atoms with E-state index in [0.29, 0.717) is 51.3 Å². The summed E-state index contributed by atoms with van der Waals surface area (Å²) in [6, 6.07) is 23.4. The Morgan fingerprint density at radius 1 is 0.906 bits per heavy atom. The Kier molecular flexibility index (Phi) is 5.17. The summed E-state index contributed by atoms with van der Waals surface area (Å²) < 4.78 is 16.3. The van der Waals surface area contributed by atoms with E-state index in [2.05, 4.69) is 20.4 Å². The monoisotopic (exact) mass is 444 g/mol. The van der Waals surface area contributed by atoms with Crippen LogP contribution in [0.5, 0.6) is 0 Å². The van der Waals surface area contributed by atoms with Gasteiger partial charge in [0, 0.05) is 17.1 Å². The van der Waals surface area contributed by atoms with E-state index in [4.69, 9.17) is 17.3 Å². The van der Waals surface area contributed by atoms with Gasteiger partial charge >= 0.3 is 0 Å². The summed E-state index contributed by atoms with van der Waals surface area (Å²) in [5.74, 6) is 0.246. The molecule has 0 aliphatic rings. The Hall–Kier alpha value is -3.97. The van der Waals surface area contributed by atoms with Crippen LogP contribution in [0.2, 0.25) is 5.02 Å². The SMILES string of the molecule is Nc1c2c(-c3ccccc3F)nc(NCc3ccccc3)nc2nn1-c1ccc(Cl)cc1. The highest BCUT2D eigenvalue weighted by Crippen LogP contribution is 2.34. The fourth-order valence-corrected chi connectivity index (χ4v) is 3.62. The third-order valence-electron chi connectivity index (χ3n) is 5.06. The average molecular weight is 445 g/mol. The summed E-state index contributed by atoms with van der Waals surface area (Å²) in [5.41, 5.74) is 9.30. The smallest absolute Gasteiger partial charge is 0.225 e. The molecule has 0 aliphatic carbocycles. The van der Waals surface area contributed by atoms with Crippen LogP contribution in [0.15, 0.2) is 78.9 Å². The van der Waals surface area contributed by atoms with E-state index in [1.54, 1.807) is 47.1 Å². The number of nitrogens with zero attached hydrogens (tertiary/aromatic N) is 4. The Bertz CT molecular complexity index is 1400. The molecular weight excluding hydrogens is 427 g/mol. The van der Waals surface area contributed by atoms with Crippen LogP contribution in [-0.2, 0) is 6.54 Å². The number of benzene rings is 3. The molecule has 8 heteroatoms. The fraction of sp³-hybridized carbons (Fsp3) is 0.0417. The molecule has 2 heterocycles. The van der Waals surface area contributed by atoms with Gasteiger partial charge in [-0.1, -0.05) is 54.1 Å². The number of nitrogens with two attached hydrogens (primary N) is 1. The fourth-order valence-electron chi connectivity index (χ4n) is 3.49. The number of anilines is 2. The molecule has 158 valence electrons. The van der Waals surface area contributed by atoms with Crippen molar-refractivity contribution in [3.63, 3.8) is 0 Å². The van der Waals surface area contributed by atoms with Crippen molar-refractivity contribution in [3.8, 4) is 16.9 Å². The van der Waals surface area contributed by atoms with Gasteiger partial charge in [0.1, 0.15) is 11.6 Å². The highest BCUT2D eigenvalue weighted by molar-refractivity contribution is 6.30. The summed E-state index contributed by atoms with van der Waals surface area (Å²) in [6.45, 7) is 0.510. The number of aromatic nitrogens is 4. The minimum atomic E-state index is -0.403. The number of hydrogen-bond acceptors (Lipinski definition) is 5. The van der Waals surface area contributed by atoms with Crippen molar-refractivity contribution >= 4 is 34.4 Å². The zero-order valence-electron chi connectivity index (χ0n) is 16.8. The number of hydrogen-bond donors (Lipinski definition) is 2. The zero-order chi connectivity index (χ0) is 22.1. The Balaban J connectivity index is 1.66. The summed E-state index contributed by atoms with van der Waals surface area (Å²) in [7, 11) is 0. The third kappa shape index (κ3) is 3.74. The molecule has 0 radical (unpaired) electrons. The largest absolute Gasteiger partial charge is 0.383 e. The molecule has 0 fully saturated rings. The van der Waals surface area contributed by atoms with Gasteiger partial charge in [-0.05, 0) is 42.0 Å². The first kappa shape index (κ1) is 20.0. The van der Waals surface area contributed by atoms with Crippen molar-refractivity contribution < 1.29 is 4.39 Å². The summed E-state index contributed by atoms with van der Waals surface area (Å²) >= 11 is 6.01. The lowest BCUT2D eigenvalue weighted by Gasteiger charge is -2.09. The lowest BCUT2D eigenvalue weighted by Crippen LogP contribution is -2.05. The van der Waals surface area contributed by atoms with E-state index < -0.39 is 5.82 Å². The molecule has 3 N–H and O–H groups in total. The third-order valence-corrected chi connectivity index (χ3v) is 5.31. The summed E-state index contributed by atoms with van der Waals surface area (Å²) in [6.07, 6.45) is 0. The van der Waals surface area contributed by atoms with Gasteiger partial charge in [0.05, 0.1) is 16.8 Å². The standard InChI is InChI=1S/C24H18ClFN6/c25-16-10-12-17(13-11-16)32-22(27)20-21(18-8-4-5-9-19(18)26)29-24(30-23(20)31-32)28-14-15-6-2-1-3-7-15/h1-13H,14,27H2,(H,28,30,31). The zero-order valence-corrected chi connectivity index (χ0v) is 17.6. The quantitative estimate of drug-likeness (QED) is 0.375. The maximum absolute atomic E-state index is 14.7. The van der Waals surface area contributed by atoms with Gasteiger partial charge < -0.3 is 11.1 Å². The molecule has 0 aliphatic heterocycles. The maximum atomic E-state index is 14.7. The van der Waals surface area contributed by atoms with Gasteiger partial charge in [-0.3, -0.25) is 0 Å². The summed E-state index contributed by atoms with van der Waals surface area (Å²) in [5, 5.41) is 8.87. The topological polar surface area (TPSA) is 81.7 Å². The van der Waals surface area contributed by atoms with E-state index in [1.807, 2.05) is 30.3 Å². The average Bonchev–Trinajstić information content (AvgIpc) is 3.15. The van der Waals surface area contributed by atoms with Gasteiger partial charge in [0.2, 0.25) is 5.95 Å². The van der Waals surface area contributed by atoms with Gasteiger partial charge in [0.25, 0.3) is 0 Å². The molecule has 0 amide bonds. The van der Waals surface area contributed by atoms with E-state index in [1.165, 1.54) is 6.07 Å². The first-order valence-electron chi connectivity index (χ1n) is 9.95. The van der Waals surface area contributed by atoms with Crippen LogP contribution >= 0.6 is 11.6 Å². The van der Waals surface area contributed by atoms with E-state index >= 15 is 0 Å². The Morgan fingerprint density at radius 2 is 1.62 bits per heavy atom. The minimum absolute atomic E-state index is 0.315. The van der Waals surface area contributed by atoms with Crippen LogP contribution in [0.1, 0.15) is 5.56 Å². The van der Waals surface area contributed by atoms with E-state index in [-0.39, 0.29) is 0 Å². The van der Waals surface area contributed by atoms with Crippen molar-refractivity contribution in [3.05, 3.63) is 95.3 Å². The predicted molar refractivity (Wildman–Crippen MR) is 125 cm³/mol. The number of halogens is 2. The second-order valence-electron chi connectivity index (χ2n) is 7.19. The molecule has 0 atom stereocenters. The summed E-state index contributed by atoms with van der Waals surface area (Å²) in [4.78, 5) is 9.16. The van der Waals surface area contributed by atoms with Crippen LogP contribution in [0, 0.1) is 5.82 Å². The molecule has 5 rings (SSSR count). The molecule has 0 saturated carbocycles. The number of nitrogen functional groups attached to an aromatic ring is 1. The van der Waals surface area contributed by atoms with Crippen molar-refractivity contribution in [1.29, 1.82) is 0 Å². The van der Waals surface area contributed by atoms with Crippen molar-refractivity contribution in [1.82, 2.24) is 19.7 Å². The van der Waals surface area contributed by atoms with Crippen LogP contribution in [0.4, 0.5) is 16.2 Å². The number of nitrogens with one attached hydrogen (secondary N) is 1. The predicted octanol–water partition coefficient (Wildman–Crippen LogP) is 5.47. The Morgan fingerprint density at radius 3 is 2.38 bits per heavy atom.